The van der Waals surface area contributed by atoms with E-state index in [4.69, 9.17) is 4.52 Å². The molecule has 120 valence electrons. The maximum Gasteiger partial charge on any atom is 0.133 e. The van der Waals surface area contributed by atoms with Gasteiger partial charge in [-0.15, -0.1) is 11.3 Å². The number of likely N-dealkylation sites (tertiary alicyclic amines) is 1. The maximum absolute atomic E-state index is 5.15. The molecule has 0 radical (unpaired) electrons. The van der Waals surface area contributed by atoms with Crippen LogP contribution in [0.5, 0.6) is 0 Å². The van der Waals surface area contributed by atoms with E-state index in [-0.39, 0.29) is 0 Å². The first-order valence-corrected chi connectivity index (χ1v) is 8.70. The smallest absolute Gasteiger partial charge is 0.133 e. The first-order chi connectivity index (χ1) is 10.6. The Morgan fingerprint density at radius 1 is 1.45 bits per heavy atom. The lowest BCUT2D eigenvalue weighted by Crippen LogP contribution is -2.28. The molecule has 1 fully saturated rings. The number of hydrogen-bond acceptors (Lipinski definition) is 6. The van der Waals surface area contributed by atoms with Gasteiger partial charge in [0.2, 0.25) is 0 Å². The minimum Gasteiger partial charge on any atom is -0.361 e. The van der Waals surface area contributed by atoms with E-state index in [1.165, 1.54) is 17.0 Å². The lowest BCUT2D eigenvalue weighted by atomic mass is 10.1. The molecule has 0 N–H and O–H groups in total. The van der Waals surface area contributed by atoms with Crippen LogP contribution in [-0.2, 0) is 13.1 Å². The van der Waals surface area contributed by atoms with Crippen molar-refractivity contribution in [3.05, 3.63) is 33.6 Å². The van der Waals surface area contributed by atoms with E-state index >= 15 is 0 Å². The van der Waals surface area contributed by atoms with Crippen molar-refractivity contribution in [2.75, 3.05) is 26.7 Å². The quantitative estimate of drug-likeness (QED) is 0.819. The molecular formula is C16H24N4OS. The van der Waals surface area contributed by atoms with Gasteiger partial charge < -0.3 is 9.42 Å². The molecule has 0 spiro atoms. The van der Waals surface area contributed by atoms with Gasteiger partial charge in [-0.25, -0.2) is 4.98 Å². The Morgan fingerprint density at radius 2 is 2.32 bits per heavy atom. The molecule has 1 aliphatic heterocycles. The molecule has 2 aromatic heterocycles. The summed E-state index contributed by atoms with van der Waals surface area (Å²) in [5.74, 6) is 1.64. The van der Waals surface area contributed by atoms with Gasteiger partial charge in [0.05, 0.1) is 16.9 Å². The second-order valence-electron chi connectivity index (χ2n) is 6.38. The molecule has 0 saturated carbocycles. The van der Waals surface area contributed by atoms with Gasteiger partial charge >= 0.3 is 0 Å². The molecular weight excluding hydrogens is 296 g/mol. The van der Waals surface area contributed by atoms with Crippen molar-refractivity contribution in [2.45, 2.75) is 33.4 Å². The van der Waals surface area contributed by atoms with Crippen LogP contribution in [0.2, 0.25) is 0 Å². The molecule has 1 aliphatic rings. The molecule has 0 amide bonds. The first-order valence-electron chi connectivity index (χ1n) is 7.82. The third-order valence-corrected chi connectivity index (χ3v) is 5.18. The number of hydrogen-bond donors (Lipinski definition) is 0. The predicted molar refractivity (Wildman–Crippen MR) is 87.8 cm³/mol. The van der Waals surface area contributed by atoms with Crippen LogP contribution < -0.4 is 0 Å². The maximum atomic E-state index is 5.15. The number of thiazole rings is 1. The van der Waals surface area contributed by atoms with Crippen molar-refractivity contribution in [1.29, 1.82) is 0 Å². The van der Waals surface area contributed by atoms with Gasteiger partial charge in [-0.3, -0.25) is 4.90 Å². The summed E-state index contributed by atoms with van der Waals surface area (Å²) in [4.78, 5) is 10.6. The van der Waals surface area contributed by atoms with Gasteiger partial charge in [0.25, 0.3) is 0 Å². The number of aromatic nitrogens is 2. The number of aryl methyl sites for hydroxylation is 2. The molecule has 6 heteroatoms. The molecule has 0 aliphatic carbocycles. The van der Waals surface area contributed by atoms with Crippen molar-refractivity contribution in [2.24, 2.45) is 5.92 Å². The summed E-state index contributed by atoms with van der Waals surface area (Å²) in [6, 6.07) is 2.03. The van der Waals surface area contributed by atoms with Crippen molar-refractivity contribution in [1.82, 2.24) is 19.9 Å². The van der Waals surface area contributed by atoms with Crippen LogP contribution >= 0.6 is 11.3 Å². The van der Waals surface area contributed by atoms with Gasteiger partial charge in [0.1, 0.15) is 5.76 Å². The van der Waals surface area contributed by atoms with E-state index in [0.29, 0.717) is 0 Å². The molecule has 22 heavy (non-hydrogen) atoms. The summed E-state index contributed by atoms with van der Waals surface area (Å²) in [7, 11) is 2.21. The summed E-state index contributed by atoms with van der Waals surface area (Å²) in [5, 5.41) is 4.09. The molecule has 1 atom stereocenters. The second-order valence-corrected chi connectivity index (χ2v) is 7.32. The van der Waals surface area contributed by atoms with E-state index in [1.54, 1.807) is 11.3 Å². The predicted octanol–water partition coefficient (Wildman–Crippen LogP) is 2.70. The van der Waals surface area contributed by atoms with Gasteiger partial charge in [-0.1, -0.05) is 5.16 Å². The van der Waals surface area contributed by atoms with Gasteiger partial charge in [0, 0.05) is 37.1 Å². The highest BCUT2D eigenvalue weighted by atomic mass is 32.1. The minimum absolute atomic E-state index is 0.742. The normalized spacial score (nSPS) is 19.4. The van der Waals surface area contributed by atoms with Crippen LogP contribution in [0, 0.1) is 19.8 Å². The Kier molecular flexibility index (Phi) is 4.90. The van der Waals surface area contributed by atoms with Crippen LogP contribution in [0.1, 0.15) is 28.4 Å². The fraction of sp³-hybridized carbons (Fsp3) is 0.625. The first kappa shape index (κ1) is 15.6. The highest BCUT2D eigenvalue weighted by molar-refractivity contribution is 7.09. The van der Waals surface area contributed by atoms with Crippen molar-refractivity contribution >= 4 is 11.3 Å². The van der Waals surface area contributed by atoms with Crippen LogP contribution in [-0.4, -0.2) is 46.6 Å². The summed E-state index contributed by atoms with van der Waals surface area (Å²) in [6.45, 7) is 9.41. The zero-order valence-electron chi connectivity index (χ0n) is 13.6. The van der Waals surface area contributed by atoms with Crippen molar-refractivity contribution < 1.29 is 4.52 Å². The highest BCUT2D eigenvalue weighted by Gasteiger charge is 2.24. The van der Waals surface area contributed by atoms with Crippen molar-refractivity contribution in [3.63, 3.8) is 0 Å². The van der Waals surface area contributed by atoms with E-state index in [2.05, 4.69) is 33.9 Å². The number of rotatable bonds is 6. The summed E-state index contributed by atoms with van der Waals surface area (Å²) in [5.41, 5.74) is 4.16. The van der Waals surface area contributed by atoms with E-state index in [9.17, 15) is 0 Å². The molecule has 3 rings (SSSR count). The van der Waals surface area contributed by atoms with Crippen LogP contribution in [0.25, 0.3) is 0 Å². The highest BCUT2D eigenvalue weighted by Crippen LogP contribution is 2.21. The van der Waals surface area contributed by atoms with Gasteiger partial charge in [0.15, 0.2) is 0 Å². The summed E-state index contributed by atoms with van der Waals surface area (Å²) < 4.78 is 5.15. The lowest BCUT2D eigenvalue weighted by molar-refractivity contribution is 0.252. The Hall–Kier alpha value is -1.24. The molecule has 0 unspecified atom stereocenters. The Balaban J connectivity index is 1.45. The van der Waals surface area contributed by atoms with Gasteiger partial charge in [-0.2, -0.15) is 0 Å². The third-order valence-electron chi connectivity index (χ3n) is 4.26. The summed E-state index contributed by atoms with van der Waals surface area (Å²) >= 11 is 1.76. The zero-order chi connectivity index (χ0) is 15.5. The molecule has 2 aromatic rings. The van der Waals surface area contributed by atoms with Crippen molar-refractivity contribution in [3.8, 4) is 0 Å². The Bertz CT molecular complexity index is 609. The lowest BCUT2D eigenvalue weighted by Gasteiger charge is -2.21. The average Bonchev–Trinajstić information content (AvgIpc) is 3.16. The number of nitrogens with zero attached hydrogens (tertiary/aromatic N) is 4. The van der Waals surface area contributed by atoms with Crippen LogP contribution in [0.4, 0.5) is 0 Å². The van der Waals surface area contributed by atoms with E-state index in [0.717, 1.165) is 50.1 Å². The molecule has 1 saturated heterocycles. The molecule has 3 heterocycles. The Labute approximate surface area is 135 Å². The van der Waals surface area contributed by atoms with Crippen LogP contribution in [0.15, 0.2) is 16.1 Å². The fourth-order valence-electron chi connectivity index (χ4n) is 3.16. The second kappa shape index (κ2) is 6.89. The zero-order valence-corrected chi connectivity index (χ0v) is 14.4. The van der Waals surface area contributed by atoms with Gasteiger partial charge in [-0.05, 0) is 39.8 Å². The van der Waals surface area contributed by atoms with Crippen LogP contribution in [0.3, 0.4) is 0 Å². The standard InChI is InChI=1S/C16H24N4OS/c1-12-6-15(18-21-12)9-20-5-4-14(8-20)7-19(3)10-16-13(2)17-11-22-16/h6,11,14H,4-5,7-10H2,1-3H3/t14-/m0/s1. The minimum atomic E-state index is 0.742. The SMILES string of the molecule is Cc1cc(CN2CC[C@@H](CN(C)Cc3scnc3C)C2)no1. The Morgan fingerprint density at radius 3 is 3.00 bits per heavy atom. The molecule has 0 bridgehead atoms. The monoisotopic (exact) mass is 320 g/mol. The topological polar surface area (TPSA) is 45.4 Å². The average molecular weight is 320 g/mol. The fourth-order valence-corrected chi connectivity index (χ4v) is 4.01. The van der Waals surface area contributed by atoms with E-state index < -0.39 is 0 Å². The summed E-state index contributed by atoms with van der Waals surface area (Å²) in [6.07, 6.45) is 1.27. The van der Waals surface area contributed by atoms with E-state index in [1.807, 2.05) is 18.5 Å². The third kappa shape index (κ3) is 3.94. The molecule has 0 aromatic carbocycles. The molecule has 5 nitrogen and oxygen atoms in total. The largest absolute Gasteiger partial charge is 0.361 e.